The predicted octanol–water partition coefficient (Wildman–Crippen LogP) is 3.63. The Morgan fingerprint density at radius 3 is 2.69 bits per heavy atom. The van der Waals surface area contributed by atoms with E-state index < -0.39 is 0 Å². The Balaban J connectivity index is 2.28. The maximum absolute atomic E-state index is 9.63. The molecule has 1 nitrogen and oxygen atoms in total. The van der Waals surface area contributed by atoms with E-state index in [0.717, 1.165) is 18.3 Å². The fraction of sp³-hybridized carbons (Fsp3) is 0.867. The van der Waals surface area contributed by atoms with Gasteiger partial charge in [0.15, 0.2) is 0 Å². The first kappa shape index (κ1) is 12.2. The maximum atomic E-state index is 9.63. The van der Waals surface area contributed by atoms with Gasteiger partial charge >= 0.3 is 0 Å². The first-order valence-electron chi connectivity index (χ1n) is 6.76. The zero-order chi connectivity index (χ0) is 11.9. The highest BCUT2D eigenvalue weighted by atomic mass is 16.3. The number of hydrogen-bond acceptors (Lipinski definition) is 1. The van der Waals surface area contributed by atoms with Crippen molar-refractivity contribution in [2.75, 3.05) is 6.61 Å². The predicted molar refractivity (Wildman–Crippen MR) is 68.1 cm³/mol. The molecule has 0 saturated heterocycles. The number of rotatable bonds is 1. The Morgan fingerprint density at radius 2 is 2.06 bits per heavy atom. The highest BCUT2D eigenvalue weighted by Crippen LogP contribution is 2.55. The third-order valence-corrected chi connectivity index (χ3v) is 5.33. The van der Waals surface area contributed by atoms with Crippen molar-refractivity contribution in [2.24, 2.45) is 29.1 Å². The molecule has 0 aromatic heterocycles. The van der Waals surface area contributed by atoms with Crippen LogP contribution in [0, 0.1) is 29.1 Å². The van der Waals surface area contributed by atoms with Gasteiger partial charge in [-0.05, 0) is 48.9 Å². The molecule has 0 aliphatic heterocycles. The first-order valence-corrected chi connectivity index (χ1v) is 6.76. The van der Waals surface area contributed by atoms with Crippen LogP contribution in [0.15, 0.2) is 12.2 Å². The number of fused-ring (bicyclic) bond motifs is 1. The van der Waals surface area contributed by atoms with Gasteiger partial charge in [-0.2, -0.15) is 0 Å². The van der Waals surface area contributed by atoms with Gasteiger partial charge in [0.2, 0.25) is 0 Å². The summed E-state index contributed by atoms with van der Waals surface area (Å²) in [5, 5.41) is 9.63. The molecule has 1 unspecified atom stereocenters. The number of hydrogen-bond donors (Lipinski definition) is 1. The molecule has 0 heterocycles. The molecule has 2 saturated carbocycles. The summed E-state index contributed by atoms with van der Waals surface area (Å²) in [6.07, 6.45) is 5.08. The van der Waals surface area contributed by atoms with E-state index in [1.807, 2.05) is 0 Å². The Bertz CT molecular complexity index is 279. The van der Waals surface area contributed by atoms with Gasteiger partial charge in [0, 0.05) is 12.5 Å². The normalized spacial score (nSPS) is 42.9. The van der Waals surface area contributed by atoms with Crippen molar-refractivity contribution in [2.45, 2.75) is 46.5 Å². The van der Waals surface area contributed by atoms with Crippen molar-refractivity contribution in [1.29, 1.82) is 0 Å². The van der Waals surface area contributed by atoms with E-state index in [-0.39, 0.29) is 0 Å². The lowest BCUT2D eigenvalue weighted by Crippen LogP contribution is -2.46. The van der Waals surface area contributed by atoms with Crippen LogP contribution in [0.25, 0.3) is 0 Å². The van der Waals surface area contributed by atoms with Crippen LogP contribution in [0.4, 0.5) is 0 Å². The Hall–Kier alpha value is -0.300. The highest BCUT2D eigenvalue weighted by Gasteiger charge is 2.47. The molecule has 16 heavy (non-hydrogen) atoms. The molecule has 0 amide bonds. The standard InChI is InChI=1S/C15H26O/c1-10-5-6-13-14(12(10)9-16)11(2)7-8-15(13,3)4/h11-14,16H,1,5-9H2,2-4H3/t11-,12+,13-,14?/m1/s1. The lowest BCUT2D eigenvalue weighted by atomic mass is 9.52. The van der Waals surface area contributed by atoms with Crippen molar-refractivity contribution >= 4 is 0 Å². The van der Waals surface area contributed by atoms with Crippen LogP contribution in [0.5, 0.6) is 0 Å². The third kappa shape index (κ3) is 1.84. The second-order valence-electron chi connectivity index (χ2n) is 6.67. The van der Waals surface area contributed by atoms with Crippen molar-refractivity contribution in [3.05, 3.63) is 12.2 Å². The summed E-state index contributed by atoms with van der Waals surface area (Å²) in [4.78, 5) is 0. The maximum Gasteiger partial charge on any atom is 0.0499 e. The lowest BCUT2D eigenvalue weighted by Gasteiger charge is -2.53. The van der Waals surface area contributed by atoms with Gasteiger partial charge in [-0.1, -0.05) is 32.9 Å². The zero-order valence-electron chi connectivity index (χ0n) is 11.0. The molecule has 2 rings (SSSR count). The monoisotopic (exact) mass is 222 g/mol. The van der Waals surface area contributed by atoms with Gasteiger partial charge < -0.3 is 5.11 Å². The summed E-state index contributed by atoms with van der Waals surface area (Å²) >= 11 is 0. The lowest BCUT2D eigenvalue weighted by molar-refractivity contribution is -0.0252. The molecule has 0 aromatic rings. The molecule has 0 aromatic carbocycles. The van der Waals surface area contributed by atoms with Crippen LogP contribution in [-0.4, -0.2) is 11.7 Å². The molecule has 0 radical (unpaired) electrons. The minimum Gasteiger partial charge on any atom is -0.396 e. The molecule has 1 N–H and O–H groups in total. The van der Waals surface area contributed by atoms with E-state index in [0.29, 0.717) is 23.9 Å². The first-order chi connectivity index (χ1) is 7.47. The average molecular weight is 222 g/mol. The van der Waals surface area contributed by atoms with Crippen LogP contribution < -0.4 is 0 Å². The van der Waals surface area contributed by atoms with E-state index in [4.69, 9.17) is 0 Å². The Labute approximate surface area is 99.9 Å². The van der Waals surface area contributed by atoms with E-state index >= 15 is 0 Å². The largest absolute Gasteiger partial charge is 0.396 e. The van der Waals surface area contributed by atoms with E-state index in [1.165, 1.54) is 24.8 Å². The molecular weight excluding hydrogens is 196 g/mol. The summed E-state index contributed by atoms with van der Waals surface area (Å²) in [5.41, 5.74) is 1.76. The molecule has 1 heteroatoms. The fourth-order valence-electron chi connectivity index (χ4n) is 4.20. The smallest absolute Gasteiger partial charge is 0.0499 e. The SMILES string of the molecule is C=C1CC[C@@H]2C([C@H](C)CCC2(C)C)[C@H]1CO. The summed E-state index contributed by atoms with van der Waals surface area (Å²) in [6.45, 7) is 11.7. The second kappa shape index (κ2) is 4.18. The van der Waals surface area contributed by atoms with Crippen LogP contribution in [0.3, 0.4) is 0 Å². The molecule has 0 bridgehead atoms. The van der Waals surface area contributed by atoms with Gasteiger partial charge in [0.1, 0.15) is 0 Å². The van der Waals surface area contributed by atoms with E-state index in [9.17, 15) is 5.11 Å². The quantitative estimate of drug-likeness (QED) is 0.672. The average Bonchev–Trinajstić information content (AvgIpc) is 2.23. The molecule has 2 fully saturated rings. The van der Waals surface area contributed by atoms with Gasteiger partial charge in [-0.3, -0.25) is 0 Å². The van der Waals surface area contributed by atoms with Crippen molar-refractivity contribution in [3.63, 3.8) is 0 Å². The van der Waals surface area contributed by atoms with Crippen molar-refractivity contribution in [3.8, 4) is 0 Å². The molecular formula is C15H26O. The number of aliphatic hydroxyl groups is 1. The van der Waals surface area contributed by atoms with Gasteiger partial charge in [-0.15, -0.1) is 0 Å². The summed E-state index contributed by atoms with van der Waals surface area (Å²) in [5.74, 6) is 2.59. The molecule has 92 valence electrons. The Kier molecular flexibility index (Phi) is 3.18. The third-order valence-electron chi connectivity index (χ3n) is 5.33. The van der Waals surface area contributed by atoms with E-state index in [1.54, 1.807) is 0 Å². The van der Waals surface area contributed by atoms with Crippen LogP contribution >= 0.6 is 0 Å². The Morgan fingerprint density at radius 1 is 1.38 bits per heavy atom. The summed E-state index contributed by atoms with van der Waals surface area (Å²) in [7, 11) is 0. The minimum absolute atomic E-state index is 0.306. The van der Waals surface area contributed by atoms with Crippen LogP contribution in [-0.2, 0) is 0 Å². The van der Waals surface area contributed by atoms with Crippen LogP contribution in [0.2, 0.25) is 0 Å². The minimum atomic E-state index is 0.306. The summed E-state index contributed by atoms with van der Waals surface area (Å²) < 4.78 is 0. The second-order valence-corrected chi connectivity index (χ2v) is 6.67. The molecule has 2 aliphatic carbocycles. The van der Waals surface area contributed by atoms with Crippen LogP contribution in [0.1, 0.15) is 46.5 Å². The zero-order valence-corrected chi connectivity index (χ0v) is 11.0. The van der Waals surface area contributed by atoms with Gasteiger partial charge in [0.05, 0.1) is 0 Å². The topological polar surface area (TPSA) is 20.2 Å². The van der Waals surface area contributed by atoms with Crippen molar-refractivity contribution < 1.29 is 5.11 Å². The number of aliphatic hydroxyl groups excluding tert-OH is 1. The highest BCUT2D eigenvalue weighted by molar-refractivity contribution is 5.12. The molecule has 2 aliphatic rings. The van der Waals surface area contributed by atoms with Crippen molar-refractivity contribution in [1.82, 2.24) is 0 Å². The molecule has 0 spiro atoms. The summed E-state index contributed by atoms with van der Waals surface area (Å²) in [6, 6.07) is 0. The fourth-order valence-corrected chi connectivity index (χ4v) is 4.20. The van der Waals surface area contributed by atoms with E-state index in [2.05, 4.69) is 27.4 Å². The molecule has 4 atom stereocenters. The van der Waals surface area contributed by atoms with Gasteiger partial charge in [0.25, 0.3) is 0 Å². The van der Waals surface area contributed by atoms with Gasteiger partial charge in [-0.25, -0.2) is 0 Å².